The van der Waals surface area contributed by atoms with Gasteiger partial charge in [0.05, 0.1) is 29.3 Å². The van der Waals surface area contributed by atoms with E-state index in [4.69, 9.17) is 4.74 Å². The highest BCUT2D eigenvalue weighted by atomic mass is 32.1. The third-order valence-corrected chi connectivity index (χ3v) is 7.89. The van der Waals surface area contributed by atoms with Crippen molar-refractivity contribution in [1.82, 2.24) is 35.0 Å². The molecule has 0 aliphatic carbocycles. The van der Waals surface area contributed by atoms with Crippen molar-refractivity contribution in [2.45, 2.75) is 12.8 Å². The number of hydrogen-bond donors (Lipinski definition) is 2. The molecule has 0 unspecified atom stereocenters. The number of rotatable bonds is 7. The Morgan fingerprint density at radius 1 is 0.947 bits per heavy atom. The quantitative estimate of drug-likeness (QED) is 0.269. The fourth-order valence-corrected chi connectivity index (χ4v) is 5.81. The summed E-state index contributed by atoms with van der Waals surface area (Å²) in [4.78, 5) is 20.0. The summed E-state index contributed by atoms with van der Waals surface area (Å²) < 4.78 is 19.7. The van der Waals surface area contributed by atoms with Crippen molar-refractivity contribution in [2.24, 2.45) is 0 Å². The van der Waals surface area contributed by atoms with E-state index < -0.39 is 0 Å². The van der Waals surface area contributed by atoms with E-state index in [1.54, 1.807) is 30.9 Å². The largest absolute Gasteiger partial charge is 0.491 e. The summed E-state index contributed by atoms with van der Waals surface area (Å²) in [5.74, 6) is 0.745. The zero-order chi connectivity index (χ0) is 25.5. The number of ether oxygens (including phenoxy) is 1. The van der Waals surface area contributed by atoms with Crippen molar-refractivity contribution in [2.75, 3.05) is 26.2 Å². The normalized spacial score (nSPS) is 14.1. The minimum atomic E-state index is -0.221. The Balaban J connectivity index is 1.20. The molecule has 7 rings (SSSR count). The Bertz CT molecular complexity index is 1750. The monoisotopic (exact) mass is 525 g/mol. The fourth-order valence-electron chi connectivity index (χ4n) is 5.06. The molecule has 190 valence electrons. The van der Waals surface area contributed by atoms with Gasteiger partial charge >= 0.3 is 0 Å². The molecular weight excluding hydrogens is 501 g/mol. The van der Waals surface area contributed by atoms with Crippen molar-refractivity contribution in [3.8, 4) is 38.7 Å². The highest BCUT2D eigenvalue weighted by Crippen LogP contribution is 2.36. The van der Waals surface area contributed by atoms with Gasteiger partial charge in [0.2, 0.25) is 0 Å². The topological polar surface area (TPSA) is 95.6 Å². The van der Waals surface area contributed by atoms with Crippen LogP contribution in [0.2, 0.25) is 0 Å². The smallest absolute Gasteiger partial charge is 0.181 e. The van der Waals surface area contributed by atoms with Gasteiger partial charge in [-0.1, -0.05) is 0 Å². The summed E-state index contributed by atoms with van der Waals surface area (Å²) in [6, 6.07) is 9.36. The van der Waals surface area contributed by atoms with Crippen LogP contribution in [0.25, 0.3) is 54.9 Å². The fraction of sp³-hybridized carbons (Fsp3) is 0.214. The molecule has 10 heteroatoms. The van der Waals surface area contributed by atoms with Gasteiger partial charge in [-0.3, -0.25) is 20.0 Å². The van der Waals surface area contributed by atoms with Crippen LogP contribution in [-0.4, -0.2) is 61.3 Å². The van der Waals surface area contributed by atoms with E-state index in [-0.39, 0.29) is 5.13 Å². The number of nitrogens with zero attached hydrogens (tertiary/aromatic N) is 5. The summed E-state index contributed by atoms with van der Waals surface area (Å²) in [5, 5.41) is 9.17. The number of aromatic amines is 2. The number of thiophene rings is 1. The van der Waals surface area contributed by atoms with E-state index in [9.17, 15) is 4.39 Å². The Kier molecular flexibility index (Phi) is 5.82. The molecule has 0 atom stereocenters. The van der Waals surface area contributed by atoms with Crippen LogP contribution >= 0.6 is 11.3 Å². The van der Waals surface area contributed by atoms with Crippen LogP contribution in [0.15, 0.2) is 61.3 Å². The molecule has 1 aliphatic rings. The number of halogens is 1. The summed E-state index contributed by atoms with van der Waals surface area (Å²) in [6.07, 6.45) is 11.5. The molecule has 2 N–H and O–H groups in total. The molecular formula is C28H24FN7OS. The van der Waals surface area contributed by atoms with Crippen molar-refractivity contribution in [3.05, 3.63) is 66.4 Å². The van der Waals surface area contributed by atoms with Crippen LogP contribution in [0.1, 0.15) is 12.8 Å². The first-order valence-electron chi connectivity index (χ1n) is 12.6. The molecule has 1 saturated heterocycles. The Hall–Kier alpha value is -4.15. The molecule has 0 bridgehead atoms. The lowest BCUT2D eigenvalue weighted by molar-refractivity contribution is 0.237. The van der Waals surface area contributed by atoms with E-state index in [2.05, 4.69) is 41.1 Å². The number of H-pyrrole nitrogens is 2. The second-order valence-corrected chi connectivity index (χ2v) is 10.5. The SMILES string of the molecule is Fc1ccc(-c2cncc3[nH]c(-c4[nH]nc5ncc(-c6cncc(OCCN7CCCC7)c6)cc45)cc23)s1. The molecule has 1 aliphatic heterocycles. The van der Waals surface area contributed by atoms with E-state index in [1.807, 2.05) is 18.3 Å². The van der Waals surface area contributed by atoms with E-state index in [1.165, 1.54) is 18.9 Å². The van der Waals surface area contributed by atoms with Gasteiger partial charge in [-0.2, -0.15) is 9.49 Å². The molecule has 0 saturated carbocycles. The Morgan fingerprint density at radius 3 is 2.68 bits per heavy atom. The molecule has 7 heterocycles. The van der Waals surface area contributed by atoms with Gasteiger partial charge in [-0.25, -0.2) is 4.98 Å². The minimum absolute atomic E-state index is 0.221. The van der Waals surface area contributed by atoms with Gasteiger partial charge in [0.1, 0.15) is 12.4 Å². The highest BCUT2D eigenvalue weighted by molar-refractivity contribution is 7.14. The van der Waals surface area contributed by atoms with E-state index in [0.29, 0.717) is 12.3 Å². The molecule has 0 amide bonds. The van der Waals surface area contributed by atoms with Crippen LogP contribution in [0.5, 0.6) is 5.75 Å². The maximum absolute atomic E-state index is 13.7. The number of fused-ring (bicyclic) bond motifs is 2. The van der Waals surface area contributed by atoms with Crippen molar-refractivity contribution in [1.29, 1.82) is 0 Å². The predicted octanol–water partition coefficient (Wildman–Crippen LogP) is 5.91. The molecule has 8 nitrogen and oxygen atoms in total. The van der Waals surface area contributed by atoms with Gasteiger partial charge < -0.3 is 9.72 Å². The maximum Gasteiger partial charge on any atom is 0.181 e. The molecule has 6 aromatic rings. The lowest BCUT2D eigenvalue weighted by Gasteiger charge is -2.15. The summed E-state index contributed by atoms with van der Waals surface area (Å²) >= 11 is 1.11. The zero-order valence-corrected chi connectivity index (χ0v) is 21.3. The Labute approximate surface area is 221 Å². The first-order chi connectivity index (χ1) is 18.7. The third kappa shape index (κ3) is 4.31. The molecule has 0 aromatic carbocycles. The second-order valence-electron chi connectivity index (χ2n) is 9.44. The van der Waals surface area contributed by atoms with Gasteiger partial charge in [0.15, 0.2) is 10.8 Å². The van der Waals surface area contributed by atoms with Gasteiger partial charge in [0, 0.05) is 57.5 Å². The molecule has 0 spiro atoms. The number of likely N-dealkylation sites (tertiary alicyclic amines) is 1. The standard InChI is InChI=1S/C28H24FN7OS/c29-26-4-3-25(38-26)22-15-31-16-24-20(22)11-23(33-24)27-21-10-18(13-32-28(21)35-34-27)17-9-19(14-30-12-17)37-8-7-36-5-1-2-6-36/h3-4,9-16,33H,1-2,5-8H2,(H,32,34,35). The van der Waals surface area contributed by atoms with Crippen LogP contribution in [0, 0.1) is 5.13 Å². The van der Waals surface area contributed by atoms with E-state index in [0.717, 1.165) is 86.0 Å². The van der Waals surface area contributed by atoms with Gasteiger partial charge in [-0.05, 0) is 56.3 Å². The van der Waals surface area contributed by atoms with Crippen molar-refractivity contribution >= 4 is 33.3 Å². The summed E-state index contributed by atoms with van der Waals surface area (Å²) in [5.41, 5.74) is 5.88. The molecule has 6 aromatic heterocycles. The van der Waals surface area contributed by atoms with Crippen LogP contribution < -0.4 is 4.74 Å². The number of pyridine rings is 3. The maximum atomic E-state index is 13.7. The van der Waals surface area contributed by atoms with Gasteiger partial charge in [-0.15, -0.1) is 11.3 Å². The molecule has 0 radical (unpaired) electrons. The van der Waals surface area contributed by atoms with Crippen molar-refractivity contribution < 1.29 is 9.13 Å². The molecule has 38 heavy (non-hydrogen) atoms. The zero-order valence-electron chi connectivity index (χ0n) is 20.4. The number of hydrogen-bond acceptors (Lipinski definition) is 7. The Morgan fingerprint density at radius 2 is 1.82 bits per heavy atom. The van der Waals surface area contributed by atoms with Gasteiger partial charge in [0.25, 0.3) is 0 Å². The summed E-state index contributed by atoms with van der Waals surface area (Å²) in [6.45, 7) is 3.88. The van der Waals surface area contributed by atoms with Crippen molar-refractivity contribution in [3.63, 3.8) is 0 Å². The number of nitrogens with one attached hydrogen (secondary N) is 2. The highest BCUT2D eigenvalue weighted by Gasteiger charge is 2.16. The van der Waals surface area contributed by atoms with E-state index >= 15 is 0 Å². The average molecular weight is 526 g/mol. The minimum Gasteiger partial charge on any atom is -0.491 e. The lowest BCUT2D eigenvalue weighted by atomic mass is 10.1. The number of aromatic nitrogens is 6. The average Bonchev–Trinajstić information content (AvgIpc) is 3.74. The molecule has 1 fully saturated rings. The summed E-state index contributed by atoms with van der Waals surface area (Å²) in [7, 11) is 0. The predicted molar refractivity (Wildman–Crippen MR) is 147 cm³/mol. The third-order valence-electron chi connectivity index (χ3n) is 6.98. The first kappa shape index (κ1) is 23.0. The lowest BCUT2D eigenvalue weighted by Crippen LogP contribution is -2.25. The second kappa shape index (κ2) is 9.62. The van der Waals surface area contributed by atoms with Crippen LogP contribution in [0.3, 0.4) is 0 Å². The first-order valence-corrected chi connectivity index (χ1v) is 13.4. The van der Waals surface area contributed by atoms with Crippen LogP contribution in [0.4, 0.5) is 4.39 Å². The van der Waals surface area contributed by atoms with Crippen LogP contribution in [-0.2, 0) is 0 Å².